The smallest absolute Gasteiger partial charge is 0.408 e. The van der Waals surface area contributed by atoms with Crippen molar-refractivity contribution in [3.63, 3.8) is 0 Å². The second-order valence-corrected chi connectivity index (χ2v) is 5.54. The fraction of sp³-hybridized carbons (Fsp3) is 0.211. The molecule has 2 aromatic carbocycles. The number of nitrogens with one attached hydrogen (secondary N) is 1. The van der Waals surface area contributed by atoms with Crippen LogP contribution in [-0.2, 0) is 16.1 Å². The number of alkyl carbamates (subject to hydrolysis) is 1. The van der Waals surface area contributed by atoms with E-state index in [4.69, 9.17) is 4.74 Å². The zero-order valence-electron chi connectivity index (χ0n) is 13.8. The number of carboxylic acids is 1. The van der Waals surface area contributed by atoms with Crippen molar-refractivity contribution in [1.82, 2.24) is 5.32 Å². The lowest BCUT2D eigenvalue weighted by atomic mass is 10.00. The third kappa shape index (κ3) is 5.46. The van der Waals surface area contributed by atoms with Gasteiger partial charge >= 0.3 is 12.1 Å². The first kappa shape index (κ1) is 18.2. The van der Waals surface area contributed by atoms with Crippen molar-refractivity contribution in [3.05, 3.63) is 71.3 Å². The first-order valence-corrected chi connectivity index (χ1v) is 7.76. The number of aliphatic carboxylic acids is 1. The molecule has 0 aliphatic carbocycles. The van der Waals surface area contributed by atoms with Crippen molar-refractivity contribution in [3.8, 4) is 0 Å². The summed E-state index contributed by atoms with van der Waals surface area (Å²) >= 11 is 0. The Morgan fingerprint density at radius 3 is 2.32 bits per heavy atom. The van der Waals surface area contributed by atoms with Crippen LogP contribution in [-0.4, -0.2) is 29.0 Å². The van der Waals surface area contributed by atoms with Gasteiger partial charge in [-0.2, -0.15) is 0 Å². The standard InChI is InChI=1S/C19H19NO5/c1-13-7-5-6-10-15(13)17(21)11-16(18(22)23)20-19(24)25-12-14-8-3-2-4-9-14/h2-10,16H,11-12H2,1H3,(H,20,24)(H,22,23). The third-order valence-electron chi connectivity index (χ3n) is 3.64. The summed E-state index contributed by atoms with van der Waals surface area (Å²) in [5, 5.41) is 11.5. The molecule has 0 bridgehead atoms. The minimum atomic E-state index is -1.35. The Morgan fingerprint density at radius 2 is 1.68 bits per heavy atom. The summed E-state index contributed by atoms with van der Waals surface area (Å²) in [5.41, 5.74) is 1.97. The largest absolute Gasteiger partial charge is 0.480 e. The van der Waals surface area contributed by atoms with Gasteiger partial charge in [-0.25, -0.2) is 9.59 Å². The van der Waals surface area contributed by atoms with E-state index in [0.29, 0.717) is 5.56 Å². The van der Waals surface area contributed by atoms with Crippen LogP contribution in [0, 0.1) is 6.92 Å². The fourth-order valence-electron chi connectivity index (χ4n) is 2.29. The number of ketones is 1. The van der Waals surface area contributed by atoms with Gasteiger partial charge in [-0.05, 0) is 18.1 Å². The highest BCUT2D eigenvalue weighted by molar-refractivity contribution is 6.00. The topological polar surface area (TPSA) is 92.7 Å². The Hall–Kier alpha value is -3.15. The van der Waals surface area contributed by atoms with Crippen molar-refractivity contribution in [2.45, 2.75) is 26.0 Å². The molecule has 1 amide bonds. The maximum Gasteiger partial charge on any atom is 0.408 e. The fourth-order valence-corrected chi connectivity index (χ4v) is 2.29. The number of amides is 1. The molecule has 1 atom stereocenters. The number of aryl methyl sites for hydroxylation is 1. The molecule has 2 aromatic rings. The number of hydrogen-bond donors (Lipinski definition) is 2. The van der Waals surface area contributed by atoms with Gasteiger partial charge in [0.2, 0.25) is 0 Å². The van der Waals surface area contributed by atoms with E-state index < -0.39 is 18.1 Å². The van der Waals surface area contributed by atoms with Gasteiger partial charge in [-0.3, -0.25) is 4.79 Å². The number of hydrogen-bond acceptors (Lipinski definition) is 4. The van der Waals surface area contributed by atoms with E-state index in [1.165, 1.54) is 0 Å². The van der Waals surface area contributed by atoms with Crippen molar-refractivity contribution in [1.29, 1.82) is 0 Å². The molecule has 2 rings (SSSR count). The van der Waals surface area contributed by atoms with Crippen LogP contribution >= 0.6 is 0 Å². The molecule has 0 radical (unpaired) electrons. The normalized spacial score (nSPS) is 11.4. The monoisotopic (exact) mass is 341 g/mol. The van der Waals surface area contributed by atoms with Gasteiger partial charge in [-0.1, -0.05) is 54.6 Å². The van der Waals surface area contributed by atoms with Gasteiger partial charge in [0.15, 0.2) is 5.78 Å². The van der Waals surface area contributed by atoms with Crippen LogP contribution in [0.5, 0.6) is 0 Å². The highest BCUT2D eigenvalue weighted by Crippen LogP contribution is 2.11. The summed E-state index contributed by atoms with van der Waals surface area (Å²) in [6.45, 7) is 1.79. The molecule has 0 fully saturated rings. The SMILES string of the molecule is Cc1ccccc1C(=O)CC(NC(=O)OCc1ccccc1)C(=O)O. The van der Waals surface area contributed by atoms with E-state index in [2.05, 4.69) is 5.32 Å². The molecule has 6 heteroatoms. The summed E-state index contributed by atoms with van der Waals surface area (Å²) in [7, 11) is 0. The third-order valence-corrected chi connectivity index (χ3v) is 3.64. The van der Waals surface area contributed by atoms with E-state index in [1.54, 1.807) is 55.5 Å². The first-order chi connectivity index (χ1) is 12.0. The number of carboxylic acid groups (broad SMARTS) is 1. The molecule has 2 N–H and O–H groups in total. The lowest BCUT2D eigenvalue weighted by Gasteiger charge is -2.14. The van der Waals surface area contributed by atoms with E-state index >= 15 is 0 Å². The molecule has 0 spiro atoms. The molecule has 0 saturated heterocycles. The van der Waals surface area contributed by atoms with E-state index in [1.807, 2.05) is 6.07 Å². The van der Waals surface area contributed by atoms with Crippen molar-refractivity contribution >= 4 is 17.8 Å². The van der Waals surface area contributed by atoms with Crippen LogP contribution in [0.15, 0.2) is 54.6 Å². The van der Waals surface area contributed by atoms with Crippen molar-refractivity contribution in [2.75, 3.05) is 0 Å². The van der Waals surface area contributed by atoms with E-state index in [-0.39, 0.29) is 18.8 Å². The average molecular weight is 341 g/mol. The summed E-state index contributed by atoms with van der Waals surface area (Å²) in [4.78, 5) is 35.4. The summed E-state index contributed by atoms with van der Waals surface area (Å²) < 4.78 is 5.00. The Bertz CT molecular complexity index is 757. The van der Waals surface area contributed by atoms with Crippen LogP contribution in [0.1, 0.15) is 27.9 Å². The molecule has 130 valence electrons. The van der Waals surface area contributed by atoms with Crippen LogP contribution in [0.4, 0.5) is 4.79 Å². The predicted octanol–water partition coefficient (Wildman–Crippen LogP) is 2.95. The number of carbonyl (C=O) groups excluding carboxylic acids is 2. The maximum atomic E-state index is 12.3. The first-order valence-electron chi connectivity index (χ1n) is 7.76. The van der Waals surface area contributed by atoms with Gasteiger partial charge in [-0.15, -0.1) is 0 Å². The van der Waals surface area contributed by atoms with Crippen LogP contribution < -0.4 is 5.32 Å². The number of ether oxygens (including phenoxy) is 1. The lowest BCUT2D eigenvalue weighted by Crippen LogP contribution is -2.42. The summed E-state index contributed by atoms with van der Waals surface area (Å²) in [5.74, 6) is -1.65. The predicted molar refractivity (Wildman–Crippen MR) is 91.3 cm³/mol. The summed E-state index contributed by atoms with van der Waals surface area (Å²) in [6, 6.07) is 14.5. The maximum absolute atomic E-state index is 12.3. The number of rotatable bonds is 7. The van der Waals surface area contributed by atoms with Crippen LogP contribution in [0.2, 0.25) is 0 Å². The molecule has 0 aliphatic rings. The minimum Gasteiger partial charge on any atom is -0.480 e. The second-order valence-electron chi connectivity index (χ2n) is 5.54. The van der Waals surface area contributed by atoms with Gasteiger partial charge < -0.3 is 15.2 Å². The highest BCUT2D eigenvalue weighted by Gasteiger charge is 2.25. The lowest BCUT2D eigenvalue weighted by molar-refractivity contribution is -0.139. The van der Waals surface area contributed by atoms with E-state index in [0.717, 1.165) is 11.1 Å². The van der Waals surface area contributed by atoms with Gasteiger partial charge in [0, 0.05) is 12.0 Å². The Balaban J connectivity index is 1.94. The van der Waals surface area contributed by atoms with Crippen molar-refractivity contribution < 1.29 is 24.2 Å². The van der Waals surface area contributed by atoms with Gasteiger partial charge in [0.05, 0.1) is 0 Å². The second kappa shape index (κ2) is 8.63. The number of carbonyl (C=O) groups is 3. The molecule has 0 heterocycles. The highest BCUT2D eigenvalue weighted by atomic mass is 16.5. The van der Waals surface area contributed by atoms with Crippen molar-refractivity contribution in [2.24, 2.45) is 0 Å². The molecule has 0 saturated carbocycles. The molecular formula is C19H19NO5. The zero-order chi connectivity index (χ0) is 18.2. The van der Waals surface area contributed by atoms with Gasteiger partial charge in [0.1, 0.15) is 12.6 Å². The quantitative estimate of drug-likeness (QED) is 0.755. The molecule has 25 heavy (non-hydrogen) atoms. The molecule has 6 nitrogen and oxygen atoms in total. The minimum absolute atomic E-state index is 0.0186. The average Bonchev–Trinajstić information content (AvgIpc) is 2.60. The molecule has 0 aliphatic heterocycles. The van der Waals surface area contributed by atoms with E-state index in [9.17, 15) is 19.5 Å². The Morgan fingerprint density at radius 1 is 1.04 bits per heavy atom. The Labute approximate surface area is 145 Å². The number of benzene rings is 2. The summed E-state index contributed by atoms with van der Waals surface area (Å²) in [6.07, 6.45) is -1.23. The zero-order valence-corrected chi connectivity index (χ0v) is 13.8. The van der Waals surface area contributed by atoms with Gasteiger partial charge in [0.25, 0.3) is 0 Å². The van der Waals surface area contributed by atoms with Crippen LogP contribution in [0.3, 0.4) is 0 Å². The molecule has 0 aromatic heterocycles. The molecule has 1 unspecified atom stereocenters. The Kier molecular flexibility index (Phi) is 6.28. The van der Waals surface area contributed by atoms with Crippen LogP contribution in [0.25, 0.3) is 0 Å². The number of Topliss-reactive ketones (excluding diaryl/α,β-unsaturated/α-hetero) is 1. The molecular weight excluding hydrogens is 322 g/mol.